The predicted octanol–water partition coefficient (Wildman–Crippen LogP) is 4.36. The number of hydrogen-bond donors (Lipinski definition) is 1. The molecule has 6 heterocycles. The van der Waals surface area contributed by atoms with Crippen LogP contribution >= 0.6 is 11.3 Å². The number of carbonyl (C=O) groups is 1. The second-order valence-electron chi connectivity index (χ2n) is 9.91. The Morgan fingerprint density at radius 3 is 2.69 bits per heavy atom. The molecule has 1 aromatic carbocycles. The third-order valence-electron chi connectivity index (χ3n) is 7.61. The monoisotopic (exact) mass is 549 g/mol. The summed E-state index contributed by atoms with van der Waals surface area (Å²) in [5.41, 5.74) is 2.59. The molecule has 3 aliphatic heterocycles. The zero-order valence-electron chi connectivity index (χ0n) is 21.3. The van der Waals surface area contributed by atoms with Gasteiger partial charge in [0.05, 0.1) is 25.8 Å². The first kappa shape index (κ1) is 24.3. The van der Waals surface area contributed by atoms with Crippen LogP contribution in [0.4, 0.5) is 0 Å². The van der Waals surface area contributed by atoms with Crippen molar-refractivity contribution in [1.82, 2.24) is 24.6 Å². The molecule has 4 aromatic rings. The number of ether oxygens (including phenoxy) is 4. The molecule has 7 rings (SSSR count). The van der Waals surface area contributed by atoms with Gasteiger partial charge >= 0.3 is 5.97 Å². The topological polar surface area (TPSA) is 121 Å². The molecule has 2 fully saturated rings. The Morgan fingerprint density at radius 1 is 1.15 bits per heavy atom. The summed E-state index contributed by atoms with van der Waals surface area (Å²) < 4.78 is 25.3. The molecule has 3 aliphatic rings. The van der Waals surface area contributed by atoms with Gasteiger partial charge in [-0.1, -0.05) is 12.1 Å². The van der Waals surface area contributed by atoms with Crippen LogP contribution in [0.2, 0.25) is 0 Å². The number of nitrogens with zero attached hydrogens (tertiary/aromatic N) is 5. The van der Waals surface area contributed by atoms with Crippen LogP contribution < -0.4 is 14.2 Å². The number of carboxylic acid groups (broad SMARTS) is 1. The zero-order valence-corrected chi connectivity index (χ0v) is 22.1. The van der Waals surface area contributed by atoms with E-state index in [1.165, 1.54) is 11.3 Å². The number of para-hydroxylation sites is 1. The van der Waals surface area contributed by atoms with Crippen molar-refractivity contribution in [3.63, 3.8) is 0 Å². The smallest absolute Gasteiger partial charge is 0.346 e. The van der Waals surface area contributed by atoms with E-state index in [0.717, 1.165) is 65.6 Å². The van der Waals surface area contributed by atoms with Gasteiger partial charge in [0, 0.05) is 18.1 Å². The number of benzene rings is 1. The lowest BCUT2D eigenvalue weighted by atomic mass is 9.88. The van der Waals surface area contributed by atoms with Crippen molar-refractivity contribution >= 4 is 27.7 Å². The van der Waals surface area contributed by atoms with Crippen molar-refractivity contribution in [3.05, 3.63) is 58.4 Å². The minimum atomic E-state index is -0.923. The van der Waals surface area contributed by atoms with E-state index in [-0.39, 0.29) is 6.23 Å². The number of aromatic carboxylic acids is 1. The lowest BCUT2D eigenvalue weighted by Gasteiger charge is -2.34. The van der Waals surface area contributed by atoms with E-state index in [4.69, 9.17) is 23.9 Å². The van der Waals surface area contributed by atoms with Gasteiger partial charge < -0.3 is 24.1 Å². The van der Waals surface area contributed by atoms with Crippen LogP contribution in [0.3, 0.4) is 0 Å². The predicted molar refractivity (Wildman–Crippen MR) is 140 cm³/mol. The molecule has 0 amide bonds. The van der Waals surface area contributed by atoms with E-state index in [1.807, 2.05) is 12.1 Å². The molecule has 202 valence electrons. The van der Waals surface area contributed by atoms with Crippen molar-refractivity contribution in [3.8, 4) is 17.4 Å². The maximum absolute atomic E-state index is 11.5. The van der Waals surface area contributed by atoms with Crippen LogP contribution in [0.1, 0.15) is 64.5 Å². The number of imidazole rings is 1. The van der Waals surface area contributed by atoms with Gasteiger partial charge in [0.1, 0.15) is 27.5 Å². The first-order chi connectivity index (χ1) is 19.1. The van der Waals surface area contributed by atoms with Gasteiger partial charge in [-0.05, 0) is 50.0 Å². The summed E-state index contributed by atoms with van der Waals surface area (Å²) >= 11 is 1.22. The molecular weight excluding hydrogens is 522 g/mol. The van der Waals surface area contributed by atoms with Gasteiger partial charge in [-0.15, -0.1) is 21.5 Å². The zero-order chi connectivity index (χ0) is 26.5. The van der Waals surface area contributed by atoms with Crippen LogP contribution in [-0.2, 0) is 11.3 Å². The van der Waals surface area contributed by atoms with Crippen molar-refractivity contribution in [2.75, 3.05) is 26.8 Å². The highest BCUT2D eigenvalue weighted by atomic mass is 32.1. The maximum atomic E-state index is 11.5. The minimum absolute atomic E-state index is 0.0776. The van der Waals surface area contributed by atoms with Gasteiger partial charge in [-0.25, -0.2) is 9.78 Å². The van der Waals surface area contributed by atoms with Crippen molar-refractivity contribution in [2.24, 2.45) is 0 Å². The van der Waals surface area contributed by atoms with E-state index in [0.29, 0.717) is 35.5 Å². The molecule has 0 bridgehead atoms. The normalized spacial score (nSPS) is 21.3. The number of fused-ring (bicyclic) bond motifs is 2. The number of methoxy groups -OCH3 is 1. The number of hydrogen-bond acceptors (Lipinski definition) is 10. The lowest BCUT2D eigenvalue weighted by molar-refractivity contribution is -0.0991. The van der Waals surface area contributed by atoms with Crippen LogP contribution in [0.15, 0.2) is 36.4 Å². The van der Waals surface area contributed by atoms with Gasteiger partial charge in [-0.2, -0.15) is 0 Å². The number of carboxylic acids is 1. The fraction of sp³-hybridized carbons (Fsp3) is 0.407. The molecule has 2 unspecified atom stereocenters. The summed E-state index contributed by atoms with van der Waals surface area (Å²) in [5, 5.41) is 17.6. The molecule has 0 saturated carbocycles. The minimum Gasteiger partial charge on any atom is -0.480 e. The third kappa shape index (κ3) is 4.38. The van der Waals surface area contributed by atoms with Crippen LogP contribution in [-0.4, -0.2) is 62.5 Å². The lowest BCUT2D eigenvalue weighted by Crippen LogP contribution is -2.34. The highest BCUT2D eigenvalue weighted by Gasteiger charge is 2.34. The van der Waals surface area contributed by atoms with Crippen LogP contribution in [0.25, 0.3) is 10.3 Å². The quantitative estimate of drug-likeness (QED) is 0.356. The standard InChI is InChI=1S/C27H27N5O6S/c1-35-22-6-5-17(29-30-22)27-37-19-4-2-3-16(24(19)38-27)15-7-10-31(11-8-15)14-21-28-25-18(13-20(39-25)26(33)34)32(21)23-9-12-36-23/h2-6,13,15,23,27H,7-12,14H2,1H3,(H,33,34). The molecule has 1 N–H and O–H groups in total. The molecule has 2 atom stereocenters. The van der Waals surface area contributed by atoms with E-state index in [9.17, 15) is 9.90 Å². The fourth-order valence-electron chi connectivity index (χ4n) is 5.51. The van der Waals surface area contributed by atoms with Crippen LogP contribution in [0.5, 0.6) is 17.4 Å². The van der Waals surface area contributed by atoms with E-state index in [1.54, 1.807) is 25.3 Å². The Labute approximate surface area is 227 Å². The highest BCUT2D eigenvalue weighted by Crippen LogP contribution is 2.47. The molecule has 2 saturated heterocycles. The Morgan fingerprint density at radius 2 is 2.00 bits per heavy atom. The molecule has 0 radical (unpaired) electrons. The summed E-state index contributed by atoms with van der Waals surface area (Å²) in [6.45, 7) is 3.23. The van der Waals surface area contributed by atoms with E-state index >= 15 is 0 Å². The molecule has 3 aromatic heterocycles. The van der Waals surface area contributed by atoms with Crippen molar-refractivity contribution in [1.29, 1.82) is 0 Å². The van der Waals surface area contributed by atoms with Gasteiger partial charge in [-0.3, -0.25) is 9.47 Å². The van der Waals surface area contributed by atoms with Gasteiger partial charge in [0.25, 0.3) is 6.29 Å². The molecule has 0 aliphatic carbocycles. The molecule has 12 heteroatoms. The second kappa shape index (κ2) is 9.78. The second-order valence-corrected chi connectivity index (χ2v) is 10.9. The van der Waals surface area contributed by atoms with Crippen molar-refractivity contribution < 1.29 is 28.8 Å². The molecule has 11 nitrogen and oxygen atoms in total. The Hall–Kier alpha value is -3.74. The number of thiophene rings is 1. The van der Waals surface area contributed by atoms with Crippen LogP contribution in [0, 0.1) is 0 Å². The number of likely N-dealkylation sites (tertiary alicyclic amines) is 1. The average Bonchev–Trinajstić information content (AvgIpc) is 3.62. The maximum Gasteiger partial charge on any atom is 0.346 e. The summed E-state index contributed by atoms with van der Waals surface area (Å²) in [4.78, 5) is 19.8. The molecule has 39 heavy (non-hydrogen) atoms. The molecule has 0 spiro atoms. The van der Waals surface area contributed by atoms with E-state index < -0.39 is 12.3 Å². The first-order valence-electron chi connectivity index (χ1n) is 13.0. The fourth-order valence-corrected chi connectivity index (χ4v) is 6.39. The van der Waals surface area contributed by atoms with Gasteiger partial charge in [0.15, 0.2) is 11.5 Å². The first-order valence-corrected chi connectivity index (χ1v) is 13.8. The number of piperidine rings is 1. The summed E-state index contributed by atoms with van der Waals surface area (Å²) in [6.07, 6.45) is 2.15. The van der Waals surface area contributed by atoms with E-state index in [2.05, 4.69) is 25.7 Å². The summed E-state index contributed by atoms with van der Waals surface area (Å²) in [7, 11) is 1.55. The number of rotatable bonds is 7. The third-order valence-corrected chi connectivity index (χ3v) is 8.61. The van der Waals surface area contributed by atoms with Crippen molar-refractivity contribution in [2.45, 2.75) is 44.2 Å². The Kier molecular flexibility index (Phi) is 6.09. The average molecular weight is 550 g/mol. The Balaban J connectivity index is 1.04. The number of aromatic nitrogens is 4. The largest absolute Gasteiger partial charge is 0.480 e. The Bertz CT molecular complexity index is 1520. The summed E-state index contributed by atoms with van der Waals surface area (Å²) in [6, 6.07) is 11.3. The highest BCUT2D eigenvalue weighted by molar-refractivity contribution is 7.20. The molecular formula is C27H27N5O6S. The summed E-state index contributed by atoms with van der Waals surface area (Å²) in [5.74, 6) is 2.29. The SMILES string of the molecule is COc1ccc(C2Oc3cccc(C4CCN(Cc5nc6sc(C(=O)O)cc6n5C5CCO5)CC4)c3O2)nn1. The van der Waals surface area contributed by atoms with Gasteiger partial charge in [0.2, 0.25) is 5.88 Å².